The molecule has 1 amide bonds. The van der Waals surface area contributed by atoms with Crippen LogP contribution in [0.2, 0.25) is 0 Å². The number of alkyl halides is 3. The molecule has 0 bridgehead atoms. The minimum atomic E-state index is -5.01. The van der Waals surface area contributed by atoms with Gasteiger partial charge in [-0.3, -0.25) is 4.79 Å². The Kier molecular flexibility index (Phi) is 6.13. The van der Waals surface area contributed by atoms with Gasteiger partial charge in [-0.1, -0.05) is 24.3 Å². The van der Waals surface area contributed by atoms with E-state index in [9.17, 15) is 26.4 Å². The third-order valence-electron chi connectivity index (χ3n) is 4.38. The van der Waals surface area contributed by atoms with Gasteiger partial charge in [0.2, 0.25) is 15.9 Å². The van der Waals surface area contributed by atoms with Gasteiger partial charge in [-0.25, -0.2) is 13.1 Å². The van der Waals surface area contributed by atoms with Crippen LogP contribution in [0.1, 0.15) is 24.8 Å². The molecule has 0 aliphatic carbocycles. The number of amides is 1. The molecule has 1 saturated heterocycles. The molecule has 0 atom stereocenters. The van der Waals surface area contributed by atoms with Crippen LogP contribution in [-0.2, 0) is 21.4 Å². The van der Waals surface area contributed by atoms with Crippen molar-refractivity contribution in [2.45, 2.75) is 37.1 Å². The molecule has 1 aliphatic heterocycles. The number of benzene rings is 2. The number of hydrogen-bond acceptors (Lipinski definition) is 4. The van der Waals surface area contributed by atoms with E-state index >= 15 is 0 Å². The molecule has 156 valence electrons. The summed E-state index contributed by atoms with van der Waals surface area (Å²) >= 11 is 0. The number of ether oxygens (including phenoxy) is 1. The number of rotatable bonds is 6. The van der Waals surface area contributed by atoms with Crippen molar-refractivity contribution < 1.29 is 31.1 Å². The summed E-state index contributed by atoms with van der Waals surface area (Å²) in [5, 5.41) is 0. The molecule has 3 rings (SSSR count). The number of carbonyl (C=O) groups excluding carboxylic acids is 1. The number of carbonyl (C=O) groups is 1. The highest BCUT2D eigenvalue weighted by atomic mass is 32.2. The summed E-state index contributed by atoms with van der Waals surface area (Å²) in [6.45, 7) is 0.439. The lowest BCUT2D eigenvalue weighted by atomic mass is 10.1. The normalized spacial score (nSPS) is 15.4. The Bertz CT molecular complexity index is 993. The topological polar surface area (TPSA) is 75.7 Å². The molecule has 0 aromatic heterocycles. The van der Waals surface area contributed by atoms with Crippen molar-refractivity contribution in [3.8, 4) is 5.75 Å². The van der Waals surface area contributed by atoms with E-state index < -0.39 is 27.0 Å². The Balaban J connectivity index is 1.76. The summed E-state index contributed by atoms with van der Waals surface area (Å²) in [6, 6.07) is 11.3. The van der Waals surface area contributed by atoms with Crippen molar-refractivity contribution in [1.29, 1.82) is 0 Å². The van der Waals surface area contributed by atoms with Crippen molar-refractivity contribution in [3.05, 3.63) is 54.1 Å². The number of hydrogen-bond donors (Lipinski definition) is 1. The van der Waals surface area contributed by atoms with Crippen LogP contribution >= 0.6 is 0 Å². The van der Waals surface area contributed by atoms with Gasteiger partial charge in [-0.2, -0.15) is 0 Å². The fraction of sp³-hybridized carbons (Fsp3) is 0.316. The second-order valence-electron chi connectivity index (χ2n) is 6.49. The smallest absolute Gasteiger partial charge is 0.404 e. The van der Waals surface area contributed by atoms with Crippen LogP contribution in [0, 0.1) is 0 Å². The molecule has 2 aromatic carbocycles. The van der Waals surface area contributed by atoms with Gasteiger partial charge < -0.3 is 9.64 Å². The van der Waals surface area contributed by atoms with Gasteiger partial charge in [0, 0.05) is 25.2 Å². The summed E-state index contributed by atoms with van der Waals surface area (Å²) in [4.78, 5) is 13.1. The third kappa shape index (κ3) is 5.48. The van der Waals surface area contributed by atoms with Crippen LogP contribution in [0.25, 0.3) is 0 Å². The number of anilines is 1. The summed E-state index contributed by atoms with van der Waals surface area (Å²) < 4.78 is 68.8. The maximum Gasteiger partial charge on any atom is 0.573 e. The predicted molar refractivity (Wildman–Crippen MR) is 99.8 cm³/mol. The molecule has 1 aliphatic rings. The molecule has 2 aromatic rings. The fourth-order valence-corrected chi connectivity index (χ4v) is 4.19. The van der Waals surface area contributed by atoms with Crippen molar-refractivity contribution in [1.82, 2.24) is 4.72 Å². The number of nitrogens with zero attached hydrogens (tertiary/aromatic N) is 1. The van der Waals surface area contributed by atoms with E-state index in [1.54, 1.807) is 29.2 Å². The predicted octanol–water partition coefficient (Wildman–Crippen LogP) is 3.58. The molecule has 0 radical (unpaired) electrons. The van der Waals surface area contributed by atoms with Crippen LogP contribution in [-0.4, -0.2) is 27.2 Å². The monoisotopic (exact) mass is 428 g/mol. The van der Waals surface area contributed by atoms with Crippen LogP contribution in [0.15, 0.2) is 53.4 Å². The maximum absolute atomic E-state index is 12.5. The number of nitrogens with one attached hydrogen (secondary N) is 1. The summed E-state index contributed by atoms with van der Waals surface area (Å²) in [6.07, 6.45) is -2.82. The number of sulfonamides is 1. The van der Waals surface area contributed by atoms with Crippen LogP contribution in [0.4, 0.5) is 18.9 Å². The Labute approximate surface area is 166 Å². The zero-order chi connectivity index (χ0) is 21.1. The molecule has 0 spiro atoms. The van der Waals surface area contributed by atoms with E-state index in [2.05, 4.69) is 9.46 Å². The first-order valence-corrected chi connectivity index (χ1v) is 10.4. The quantitative estimate of drug-likeness (QED) is 0.763. The highest BCUT2D eigenvalue weighted by molar-refractivity contribution is 7.89. The molecular formula is C19H19F3N2O4S. The number of para-hydroxylation sites is 1. The number of halogens is 3. The van der Waals surface area contributed by atoms with Crippen molar-refractivity contribution in [2.24, 2.45) is 0 Å². The average Bonchev–Trinajstić information content (AvgIpc) is 2.66. The average molecular weight is 428 g/mol. The van der Waals surface area contributed by atoms with Crippen molar-refractivity contribution >= 4 is 21.6 Å². The van der Waals surface area contributed by atoms with Gasteiger partial charge in [0.1, 0.15) is 10.6 Å². The summed E-state index contributed by atoms with van der Waals surface area (Å²) in [7, 11) is -4.27. The maximum atomic E-state index is 12.5. The summed E-state index contributed by atoms with van der Waals surface area (Å²) in [5.74, 6) is -0.799. The lowest BCUT2D eigenvalue weighted by molar-refractivity contribution is -0.275. The highest BCUT2D eigenvalue weighted by Gasteiger charge is 2.34. The Morgan fingerprint density at radius 2 is 1.83 bits per heavy atom. The first-order chi connectivity index (χ1) is 13.7. The standard InChI is InChI=1S/C19H19F3N2O4S/c20-19(21,22)28-16-8-1-2-9-17(16)29(26,27)23-13-14-6-5-7-15(12-14)24-11-4-3-10-18(24)25/h1-2,5-9,12,23H,3-4,10-11,13H2. The van der Waals surface area contributed by atoms with E-state index in [1.165, 1.54) is 12.1 Å². The van der Waals surface area contributed by atoms with Crippen molar-refractivity contribution in [3.63, 3.8) is 0 Å². The Morgan fingerprint density at radius 1 is 1.07 bits per heavy atom. The summed E-state index contributed by atoms with van der Waals surface area (Å²) in [5.41, 5.74) is 1.23. The first kappa shape index (κ1) is 21.1. The van der Waals surface area contributed by atoms with Crippen LogP contribution < -0.4 is 14.4 Å². The molecule has 1 N–H and O–H groups in total. The second-order valence-corrected chi connectivity index (χ2v) is 8.23. The van der Waals surface area contributed by atoms with Gasteiger partial charge in [0.05, 0.1) is 0 Å². The van der Waals surface area contributed by atoms with E-state index in [0.717, 1.165) is 25.0 Å². The molecular weight excluding hydrogens is 409 g/mol. The van der Waals surface area contributed by atoms with E-state index in [-0.39, 0.29) is 12.5 Å². The first-order valence-electron chi connectivity index (χ1n) is 8.89. The van der Waals surface area contributed by atoms with E-state index in [4.69, 9.17) is 0 Å². The molecule has 0 unspecified atom stereocenters. The molecule has 1 fully saturated rings. The van der Waals surface area contributed by atoms with Gasteiger partial charge in [-0.05, 0) is 42.7 Å². The minimum Gasteiger partial charge on any atom is -0.404 e. The van der Waals surface area contributed by atoms with Gasteiger partial charge >= 0.3 is 6.36 Å². The van der Waals surface area contributed by atoms with Gasteiger partial charge in [0.25, 0.3) is 0 Å². The second kappa shape index (κ2) is 8.42. The van der Waals surface area contributed by atoms with Crippen molar-refractivity contribution in [2.75, 3.05) is 11.4 Å². The fourth-order valence-electron chi connectivity index (χ4n) is 3.05. The van der Waals surface area contributed by atoms with E-state index in [1.807, 2.05) is 0 Å². The Hall–Kier alpha value is -2.59. The molecule has 10 heteroatoms. The number of piperidine rings is 1. The highest BCUT2D eigenvalue weighted by Crippen LogP contribution is 2.29. The molecule has 0 saturated carbocycles. The van der Waals surface area contributed by atoms with Gasteiger partial charge in [-0.15, -0.1) is 13.2 Å². The SMILES string of the molecule is O=C1CCCCN1c1cccc(CNS(=O)(=O)c2ccccc2OC(F)(F)F)c1. The zero-order valence-corrected chi connectivity index (χ0v) is 16.1. The largest absolute Gasteiger partial charge is 0.573 e. The third-order valence-corrected chi connectivity index (χ3v) is 5.82. The molecule has 29 heavy (non-hydrogen) atoms. The van der Waals surface area contributed by atoms with Gasteiger partial charge in [0.15, 0.2) is 0 Å². The lowest BCUT2D eigenvalue weighted by Gasteiger charge is -2.27. The van der Waals surface area contributed by atoms with E-state index in [0.29, 0.717) is 24.2 Å². The zero-order valence-electron chi connectivity index (χ0n) is 15.3. The molecule has 1 heterocycles. The van der Waals surface area contributed by atoms with Crippen LogP contribution in [0.3, 0.4) is 0 Å². The molecule has 6 nitrogen and oxygen atoms in total. The minimum absolute atomic E-state index is 0.00667. The van der Waals surface area contributed by atoms with Crippen LogP contribution in [0.5, 0.6) is 5.75 Å². The Morgan fingerprint density at radius 3 is 2.55 bits per heavy atom. The lowest BCUT2D eigenvalue weighted by Crippen LogP contribution is -2.35.